The van der Waals surface area contributed by atoms with Gasteiger partial charge in [0, 0.05) is 5.69 Å². The third-order valence-electron chi connectivity index (χ3n) is 2.84. The predicted molar refractivity (Wildman–Crippen MR) is 76.9 cm³/mol. The maximum absolute atomic E-state index is 12.4. The number of nitriles is 1. The molecule has 0 fully saturated rings. The molecule has 19 heavy (non-hydrogen) atoms. The van der Waals surface area contributed by atoms with Gasteiger partial charge in [0.05, 0.1) is 33.1 Å². The van der Waals surface area contributed by atoms with Crippen LogP contribution in [0, 0.1) is 18.3 Å². The summed E-state index contributed by atoms with van der Waals surface area (Å²) in [4.78, 5) is 0.632. The molecule has 0 saturated carbocycles. The zero-order valence-electron chi connectivity index (χ0n) is 10.6. The molecule has 0 aromatic heterocycles. The molecule has 4 heteroatoms. The normalized spacial score (nSPS) is 11.8. The van der Waals surface area contributed by atoms with Gasteiger partial charge >= 0.3 is 0 Å². The Morgan fingerprint density at radius 2 is 2.00 bits per heavy atom. The van der Waals surface area contributed by atoms with Gasteiger partial charge < -0.3 is 5.73 Å². The van der Waals surface area contributed by atoms with E-state index in [1.54, 1.807) is 18.2 Å². The summed E-state index contributed by atoms with van der Waals surface area (Å²) >= 11 is 0. The first-order valence-electron chi connectivity index (χ1n) is 5.84. The van der Waals surface area contributed by atoms with Gasteiger partial charge in [-0.3, -0.25) is 4.21 Å². The number of nitrogens with zero attached hydrogens (tertiary/aromatic N) is 1. The number of hydrogen-bond donors (Lipinski definition) is 1. The van der Waals surface area contributed by atoms with Crippen LogP contribution in [0.15, 0.2) is 47.4 Å². The van der Waals surface area contributed by atoms with Gasteiger partial charge in [0.1, 0.15) is 0 Å². The van der Waals surface area contributed by atoms with E-state index >= 15 is 0 Å². The zero-order valence-corrected chi connectivity index (χ0v) is 11.4. The zero-order chi connectivity index (χ0) is 13.8. The Bertz CT molecular complexity index is 674. The largest absolute Gasteiger partial charge is 0.398 e. The molecule has 3 nitrogen and oxygen atoms in total. The standard InChI is InChI=1S/C15H14N2OS/c1-11-6-7-14(17)15(8-11)19(18)10-13-5-3-2-4-12(13)9-16/h2-8H,10,17H2,1H3. The van der Waals surface area contributed by atoms with Crippen molar-refractivity contribution in [2.24, 2.45) is 0 Å². The molecule has 96 valence electrons. The SMILES string of the molecule is Cc1ccc(N)c(S(=O)Cc2ccccc2C#N)c1. The summed E-state index contributed by atoms with van der Waals surface area (Å²) in [5.74, 6) is 0.303. The molecule has 2 aromatic carbocycles. The van der Waals surface area contributed by atoms with Gasteiger partial charge in [-0.25, -0.2) is 0 Å². The first-order chi connectivity index (χ1) is 9.11. The highest BCUT2D eigenvalue weighted by Gasteiger charge is 2.11. The molecule has 2 rings (SSSR count). The first-order valence-corrected chi connectivity index (χ1v) is 7.16. The van der Waals surface area contributed by atoms with Crippen molar-refractivity contribution in [1.82, 2.24) is 0 Å². The van der Waals surface area contributed by atoms with Crippen molar-refractivity contribution < 1.29 is 4.21 Å². The van der Waals surface area contributed by atoms with Gasteiger partial charge in [-0.1, -0.05) is 24.3 Å². The summed E-state index contributed by atoms with van der Waals surface area (Å²) in [6.45, 7) is 1.93. The molecule has 0 bridgehead atoms. The van der Waals surface area contributed by atoms with Crippen molar-refractivity contribution in [1.29, 1.82) is 5.26 Å². The van der Waals surface area contributed by atoms with Crippen molar-refractivity contribution in [2.45, 2.75) is 17.6 Å². The van der Waals surface area contributed by atoms with Crippen LogP contribution >= 0.6 is 0 Å². The van der Waals surface area contributed by atoms with E-state index in [4.69, 9.17) is 11.0 Å². The molecule has 0 aliphatic heterocycles. The highest BCUT2D eigenvalue weighted by molar-refractivity contribution is 7.84. The van der Waals surface area contributed by atoms with Crippen molar-refractivity contribution in [3.8, 4) is 6.07 Å². The molecule has 2 N–H and O–H groups in total. The fraction of sp³-hybridized carbons (Fsp3) is 0.133. The Morgan fingerprint density at radius 1 is 1.26 bits per heavy atom. The van der Waals surface area contributed by atoms with Gasteiger partial charge in [0.15, 0.2) is 0 Å². The van der Waals surface area contributed by atoms with E-state index in [1.807, 2.05) is 31.2 Å². The lowest BCUT2D eigenvalue weighted by Gasteiger charge is -2.08. The second-order valence-electron chi connectivity index (χ2n) is 4.30. The smallest absolute Gasteiger partial charge is 0.0994 e. The summed E-state index contributed by atoms with van der Waals surface area (Å²) in [7, 11) is -1.24. The van der Waals surface area contributed by atoms with Gasteiger partial charge in [0.2, 0.25) is 0 Å². The van der Waals surface area contributed by atoms with Crippen LogP contribution in [0.3, 0.4) is 0 Å². The van der Waals surface area contributed by atoms with Crippen LogP contribution in [0.25, 0.3) is 0 Å². The number of rotatable bonds is 3. The van der Waals surface area contributed by atoms with Crippen LogP contribution in [0.5, 0.6) is 0 Å². The number of anilines is 1. The van der Waals surface area contributed by atoms with Crippen molar-refractivity contribution in [2.75, 3.05) is 5.73 Å². The minimum atomic E-state index is -1.24. The molecule has 0 heterocycles. The fourth-order valence-corrected chi connectivity index (χ4v) is 3.15. The number of hydrogen-bond acceptors (Lipinski definition) is 3. The van der Waals surface area contributed by atoms with E-state index < -0.39 is 10.8 Å². The Morgan fingerprint density at radius 3 is 2.74 bits per heavy atom. The monoisotopic (exact) mass is 270 g/mol. The second kappa shape index (κ2) is 5.68. The lowest BCUT2D eigenvalue weighted by molar-refractivity contribution is 0.683. The summed E-state index contributed by atoms with van der Waals surface area (Å²) in [5, 5.41) is 9.03. The molecule has 0 radical (unpaired) electrons. The number of nitrogen functional groups attached to an aromatic ring is 1. The van der Waals surface area contributed by atoms with E-state index in [1.165, 1.54) is 0 Å². The Hall–Kier alpha value is -2.12. The van der Waals surface area contributed by atoms with Crippen LogP contribution < -0.4 is 5.73 Å². The Balaban J connectivity index is 2.31. The van der Waals surface area contributed by atoms with E-state index in [9.17, 15) is 4.21 Å². The highest BCUT2D eigenvalue weighted by atomic mass is 32.2. The minimum Gasteiger partial charge on any atom is -0.398 e. The van der Waals surface area contributed by atoms with E-state index in [-0.39, 0.29) is 0 Å². The second-order valence-corrected chi connectivity index (χ2v) is 5.72. The lowest BCUT2D eigenvalue weighted by atomic mass is 10.1. The summed E-state index contributed by atoms with van der Waals surface area (Å²) in [6.07, 6.45) is 0. The molecule has 2 aromatic rings. The molecular formula is C15H14N2OS. The van der Waals surface area contributed by atoms with Crippen LogP contribution in [-0.2, 0) is 16.6 Å². The topological polar surface area (TPSA) is 66.9 Å². The highest BCUT2D eigenvalue weighted by Crippen LogP contribution is 2.21. The molecule has 0 saturated heterocycles. The molecule has 0 aliphatic rings. The van der Waals surface area contributed by atoms with Crippen LogP contribution in [0.1, 0.15) is 16.7 Å². The maximum atomic E-state index is 12.4. The van der Waals surface area contributed by atoms with Gasteiger partial charge in [-0.05, 0) is 36.2 Å². The van der Waals surface area contributed by atoms with Crippen LogP contribution in [0.2, 0.25) is 0 Å². The van der Waals surface area contributed by atoms with E-state index in [2.05, 4.69) is 6.07 Å². The summed E-state index contributed by atoms with van der Waals surface area (Å²) < 4.78 is 12.4. The number of benzene rings is 2. The van der Waals surface area contributed by atoms with Crippen molar-refractivity contribution >= 4 is 16.5 Å². The quantitative estimate of drug-likeness (QED) is 0.872. The third-order valence-corrected chi connectivity index (χ3v) is 4.26. The minimum absolute atomic E-state index is 0.303. The molecule has 0 spiro atoms. The Kier molecular flexibility index (Phi) is 3.98. The first kappa shape index (κ1) is 13.3. The molecular weight excluding hydrogens is 256 g/mol. The van der Waals surface area contributed by atoms with E-state index in [0.29, 0.717) is 21.9 Å². The van der Waals surface area contributed by atoms with Crippen LogP contribution in [-0.4, -0.2) is 4.21 Å². The average Bonchev–Trinajstić information content (AvgIpc) is 2.42. The van der Waals surface area contributed by atoms with Crippen molar-refractivity contribution in [3.63, 3.8) is 0 Å². The average molecular weight is 270 g/mol. The van der Waals surface area contributed by atoms with Crippen molar-refractivity contribution in [3.05, 3.63) is 59.2 Å². The number of aryl methyl sites for hydroxylation is 1. The fourth-order valence-electron chi connectivity index (χ4n) is 1.81. The number of nitrogens with two attached hydrogens (primary N) is 1. The Labute approximate surface area is 115 Å². The van der Waals surface area contributed by atoms with Crippen LogP contribution in [0.4, 0.5) is 5.69 Å². The van der Waals surface area contributed by atoms with Gasteiger partial charge in [0.25, 0.3) is 0 Å². The van der Waals surface area contributed by atoms with Gasteiger partial charge in [-0.15, -0.1) is 0 Å². The van der Waals surface area contributed by atoms with E-state index in [0.717, 1.165) is 11.1 Å². The molecule has 0 aliphatic carbocycles. The molecule has 1 atom stereocenters. The van der Waals surface area contributed by atoms with Gasteiger partial charge in [-0.2, -0.15) is 5.26 Å². The molecule has 1 unspecified atom stereocenters. The molecule has 0 amide bonds. The third kappa shape index (κ3) is 3.01. The maximum Gasteiger partial charge on any atom is 0.0994 e. The lowest BCUT2D eigenvalue weighted by Crippen LogP contribution is -2.02. The summed E-state index contributed by atoms with van der Waals surface area (Å²) in [6, 6.07) is 14.8. The predicted octanol–water partition coefficient (Wildman–Crippen LogP) is 2.76. The summed E-state index contributed by atoms with van der Waals surface area (Å²) in [5.41, 5.74) is 8.74.